The summed E-state index contributed by atoms with van der Waals surface area (Å²) in [4.78, 5) is 20.9. The summed E-state index contributed by atoms with van der Waals surface area (Å²) in [6.07, 6.45) is 2.22. The monoisotopic (exact) mass is 145 g/mol. The van der Waals surface area contributed by atoms with Gasteiger partial charge in [0.25, 0.3) is 11.8 Å². The van der Waals surface area contributed by atoms with Crippen molar-refractivity contribution >= 4 is 24.7 Å². The van der Waals surface area contributed by atoms with Crippen LogP contribution in [0, 0.1) is 0 Å². The first-order valence-corrected chi connectivity index (χ1v) is 2.50. The number of hydroxylamine groups is 2. The first-order chi connectivity index (χ1) is 4.25. The van der Waals surface area contributed by atoms with E-state index < -0.39 is 11.8 Å². The Labute approximate surface area is 56.7 Å². The van der Waals surface area contributed by atoms with Crippen LogP contribution in [0.25, 0.3) is 0 Å². The van der Waals surface area contributed by atoms with Gasteiger partial charge in [0.05, 0.1) is 0 Å². The molecule has 0 fully saturated rings. The zero-order chi connectivity index (χ0) is 6.85. The molecular weight excluding hydrogens is 142 g/mol. The molecule has 1 rings (SSSR count). The minimum atomic E-state index is -0.505. The molecule has 5 heteroatoms. The van der Waals surface area contributed by atoms with E-state index in [1.807, 2.05) is 0 Å². The quantitative estimate of drug-likeness (QED) is 0.312. The molecule has 1 aliphatic heterocycles. The van der Waals surface area contributed by atoms with Gasteiger partial charge in [-0.3, -0.25) is 9.59 Å². The van der Waals surface area contributed by atoms with Crippen molar-refractivity contribution in [1.29, 1.82) is 0 Å². The van der Waals surface area contributed by atoms with E-state index in [0.717, 1.165) is 12.2 Å². The van der Waals surface area contributed by atoms with Crippen LogP contribution >= 0.6 is 12.9 Å². The summed E-state index contributed by atoms with van der Waals surface area (Å²) >= 11 is 3.28. The number of carbonyl (C=O) groups is 2. The topological polar surface area (TPSA) is 46.6 Å². The normalized spacial score (nSPS) is 17.7. The third-order valence-corrected chi connectivity index (χ3v) is 1.01. The van der Waals surface area contributed by atoms with E-state index in [1.54, 1.807) is 0 Å². The summed E-state index contributed by atoms with van der Waals surface area (Å²) in [6, 6.07) is 0. The number of imide groups is 1. The molecule has 0 unspecified atom stereocenters. The van der Waals surface area contributed by atoms with E-state index in [-0.39, 0.29) is 0 Å². The highest BCUT2D eigenvalue weighted by Crippen LogP contribution is 2.04. The van der Waals surface area contributed by atoms with Gasteiger partial charge < -0.3 is 0 Å². The Balaban J connectivity index is 2.75. The molecule has 0 aromatic rings. The van der Waals surface area contributed by atoms with Crippen molar-refractivity contribution in [2.45, 2.75) is 0 Å². The van der Waals surface area contributed by atoms with Crippen LogP contribution in [0.2, 0.25) is 0 Å². The molecule has 0 aromatic carbocycles. The molecule has 1 aliphatic rings. The zero-order valence-electron chi connectivity index (χ0n) is 4.27. The molecule has 0 radical (unpaired) electrons. The number of amides is 2. The van der Waals surface area contributed by atoms with Crippen molar-refractivity contribution in [3.8, 4) is 0 Å². The Hall–Kier alpha value is -0.810. The minimum Gasteiger partial charge on any atom is -0.267 e. The molecule has 0 saturated carbocycles. The number of nitrogens with zero attached hydrogens (tertiary/aromatic N) is 1. The second-order valence-electron chi connectivity index (χ2n) is 1.39. The minimum absolute atomic E-state index is 0.505. The SMILES string of the molecule is O=C1C=CC(=O)N1OS. The highest BCUT2D eigenvalue weighted by Gasteiger charge is 2.23. The van der Waals surface area contributed by atoms with E-state index in [1.165, 1.54) is 0 Å². The van der Waals surface area contributed by atoms with Gasteiger partial charge in [0.1, 0.15) is 0 Å². The van der Waals surface area contributed by atoms with Crippen LogP contribution in [-0.2, 0) is 13.9 Å². The summed E-state index contributed by atoms with van der Waals surface area (Å²) in [5, 5.41) is 0.545. The van der Waals surface area contributed by atoms with Crippen LogP contribution in [0.15, 0.2) is 12.2 Å². The molecule has 2 amide bonds. The lowest BCUT2D eigenvalue weighted by Crippen LogP contribution is -2.26. The lowest BCUT2D eigenvalue weighted by Gasteiger charge is -2.05. The Morgan fingerprint density at radius 1 is 1.33 bits per heavy atom. The molecule has 0 saturated heterocycles. The maximum atomic E-state index is 10.5. The van der Waals surface area contributed by atoms with Gasteiger partial charge in [-0.05, 0) is 0 Å². The molecule has 0 aromatic heterocycles. The van der Waals surface area contributed by atoms with E-state index in [2.05, 4.69) is 17.2 Å². The smallest absolute Gasteiger partial charge is 0.267 e. The first-order valence-electron chi connectivity index (χ1n) is 2.13. The van der Waals surface area contributed by atoms with Crippen molar-refractivity contribution in [3.05, 3.63) is 12.2 Å². The fraction of sp³-hybridized carbons (Fsp3) is 0. The summed E-state index contributed by atoms with van der Waals surface area (Å²) < 4.78 is 4.10. The summed E-state index contributed by atoms with van der Waals surface area (Å²) in [5.74, 6) is -1.01. The van der Waals surface area contributed by atoms with Gasteiger partial charge in [-0.2, -0.15) is 4.28 Å². The van der Waals surface area contributed by atoms with Crippen LogP contribution in [0.4, 0.5) is 0 Å². The number of thiol groups is 1. The van der Waals surface area contributed by atoms with Crippen molar-refractivity contribution in [3.63, 3.8) is 0 Å². The standard InChI is InChI=1S/C4H3NO3S/c6-3-1-2-4(7)5(3)8-9/h1-2,9H. The second kappa shape index (κ2) is 2.20. The average molecular weight is 145 g/mol. The molecule has 4 nitrogen and oxygen atoms in total. The van der Waals surface area contributed by atoms with E-state index in [4.69, 9.17) is 0 Å². The predicted octanol–water partition coefficient (Wildman–Crippen LogP) is -0.312. The molecule has 9 heavy (non-hydrogen) atoms. The Kier molecular flexibility index (Phi) is 1.54. The summed E-state index contributed by atoms with van der Waals surface area (Å²) in [7, 11) is 0. The predicted molar refractivity (Wildman–Crippen MR) is 31.1 cm³/mol. The Bertz CT molecular complexity index is 170. The van der Waals surface area contributed by atoms with Crippen LogP contribution in [-0.4, -0.2) is 16.9 Å². The molecule has 1 heterocycles. The largest absolute Gasteiger partial charge is 0.278 e. The van der Waals surface area contributed by atoms with E-state index in [0.29, 0.717) is 5.06 Å². The van der Waals surface area contributed by atoms with Crippen LogP contribution < -0.4 is 0 Å². The average Bonchev–Trinajstić information content (AvgIpc) is 2.12. The molecule has 0 N–H and O–H groups in total. The third-order valence-electron chi connectivity index (χ3n) is 0.850. The summed E-state index contributed by atoms with van der Waals surface area (Å²) in [5.41, 5.74) is 0. The van der Waals surface area contributed by atoms with Gasteiger partial charge in [-0.1, -0.05) is 0 Å². The number of carbonyl (C=O) groups excluding carboxylic acids is 2. The van der Waals surface area contributed by atoms with Crippen LogP contribution in [0.3, 0.4) is 0 Å². The molecule has 48 valence electrons. The van der Waals surface area contributed by atoms with Crippen molar-refractivity contribution in [2.75, 3.05) is 0 Å². The van der Waals surface area contributed by atoms with Gasteiger partial charge in [-0.15, -0.1) is 5.06 Å². The van der Waals surface area contributed by atoms with Crippen LogP contribution in [0.5, 0.6) is 0 Å². The fourth-order valence-electron chi connectivity index (χ4n) is 0.467. The van der Waals surface area contributed by atoms with Gasteiger partial charge in [0.2, 0.25) is 0 Å². The van der Waals surface area contributed by atoms with E-state index in [9.17, 15) is 9.59 Å². The maximum Gasteiger partial charge on any atom is 0.278 e. The highest BCUT2D eigenvalue weighted by atomic mass is 32.1. The van der Waals surface area contributed by atoms with Gasteiger partial charge in [0.15, 0.2) is 0 Å². The molecular formula is C4H3NO3S. The first kappa shape index (κ1) is 6.31. The van der Waals surface area contributed by atoms with Gasteiger partial charge in [-0.25, -0.2) is 0 Å². The second-order valence-corrected chi connectivity index (χ2v) is 1.55. The zero-order valence-corrected chi connectivity index (χ0v) is 5.17. The van der Waals surface area contributed by atoms with E-state index >= 15 is 0 Å². The molecule has 0 atom stereocenters. The highest BCUT2D eigenvalue weighted by molar-refractivity contribution is 7.75. The van der Waals surface area contributed by atoms with Gasteiger partial charge in [0, 0.05) is 25.1 Å². The van der Waals surface area contributed by atoms with Crippen molar-refractivity contribution < 1.29 is 13.9 Å². The number of hydrogen-bond acceptors (Lipinski definition) is 4. The Morgan fingerprint density at radius 2 is 1.78 bits per heavy atom. The van der Waals surface area contributed by atoms with Crippen molar-refractivity contribution in [2.24, 2.45) is 0 Å². The van der Waals surface area contributed by atoms with Crippen LogP contribution in [0.1, 0.15) is 0 Å². The number of rotatable bonds is 1. The lowest BCUT2D eigenvalue weighted by molar-refractivity contribution is -0.159. The molecule has 0 bridgehead atoms. The summed E-state index contributed by atoms with van der Waals surface area (Å²) in [6.45, 7) is 0. The fourth-order valence-corrected chi connectivity index (χ4v) is 0.628. The molecule has 0 aliphatic carbocycles. The molecule has 0 spiro atoms. The lowest BCUT2D eigenvalue weighted by atomic mass is 10.6. The Morgan fingerprint density at radius 3 is 2.00 bits per heavy atom. The number of hydrogen-bond donors (Lipinski definition) is 1. The third kappa shape index (κ3) is 0.962. The maximum absolute atomic E-state index is 10.5. The van der Waals surface area contributed by atoms with Crippen molar-refractivity contribution in [1.82, 2.24) is 5.06 Å². The van der Waals surface area contributed by atoms with Gasteiger partial charge >= 0.3 is 0 Å².